The minimum Gasteiger partial charge on any atom is -0.437 e. The number of furan rings is 1. The minimum atomic E-state index is -1.33. The van der Waals surface area contributed by atoms with Crippen LogP contribution < -0.4 is 9.62 Å². The number of rotatable bonds is 10. The van der Waals surface area contributed by atoms with Gasteiger partial charge in [-0.2, -0.15) is 4.98 Å². The number of halogens is 1. The van der Waals surface area contributed by atoms with Crippen LogP contribution >= 0.6 is 0 Å². The number of benzene rings is 1. The summed E-state index contributed by atoms with van der Waals surface area (Å²) in [6.45, 7) is 4.23. The Balaban J connectivity index is 2.11. The number of pyridine rings is 1. The first-order chi connectivity index (χ1) is 15.8. The maximum Gasteiger partial charge on any atom is 0.255 e. The topological polar surface area (TPSA) is 95.7 Å². The van der Waals surface area contributed by atoms with Gasteiger partial charge in [-0.1, -0.05) is 6.92 Å². The van der Waals surface area contributed by atoms with Gasteiger partial charge in [-0.05, 0) is 68.5 Å². The van der Waals surface area contributed by atoms with Gasteiger partial charge in [0.2, 0.25) is 5.71 Å². The van der Waals surface area contributed by atoms with E-state index < -0.39 is 11.0 Å². The Labute approximate surface area is 195 Å². The number of fused-ring (bicyclic) bond motifs is 1. The molecule has 0 bridgehead atoms. The molecule has 1 aromatic carbocycles. The normalized spacial score (nSPS) is 13.2. The third-order valence-corrected chi connectivity index (χ3v) is 6.44. The summed E-state index contributed by atoms with van der Waals surface area (Å²) in [4.78, 5) is 17.4. The van der Waals surface area contributed by atoms with E-state index in [0.717, 1.165) is 18.4 Å². The van der Waals surface area contributed by atoms with Crippen molar-refractivity contribution < 1.29 is 22.9 Å². The molecule has 2 aromatic heterocycles. The van der Waals surface area contributed by atoms with Crippen molar-refractivity contribution in [1.82, 2.24) is 10.3 Å². The van der Waals surface area contributed by atoms with Crippen molar-refractivity contribution in [1.29, 1.82) is 0 Å². The molecule has 0 aliphatic heterocycles. The second kappa shape index (κ2) is 10.9. The first kappa shape index (κ1) is 24.9. The molecular weight excluding hydrogens is 445 g/mol. The summed E-state index contributed by atoms with van der Waals surface area (Å²) in [6, 6.07) is 7.57. The van der Waals surface area contributed by atoms with E-state index in [1.54, 1.807) is 29.6 Å². The fourth-order valence-electron chi connectivity index (χ4n) is 3.74. The standard InChI is InChI=1S/C24H30FN3O4S/c1-5-16-14-19-20(23(30)26-3)21(17-9-11-18(25)12-10-17)32-24(19)27-22(16)28(33(4)31)13-7-6-8-15(2)29/h9-12,14-15,29H,5-8,13H2,1-4H3,(H,26,30). The zero-order chi connectivity index (χ0) is 24.1. The van der Waals surface area contributed by atoms with Gasteiger partial charge < -0.3 is 14.8 Å². The summed E-state index contributed by atoms with van der Waals surface area (Å²) in [7, 11) is 0.210. The third-order valence-electron chi connectivity index (χ3n) is 5.46. The van der Waals surface area contributed by atoms with Gasteiger partial charge in [0.05, 0.1) is 17.1 Å². The lowest BCUT2D eigenvalue weighted by Gasteiger charge is -2.23. The lowest BCUT2D eigenvalue weighted by Crippen LogP contribution is -2.28. The Morgan fingerprint density at radius 3 is 2.58 bits per heavy atom. The smallest absolute Gasteiger partial charge is 0.255 e. The SMILES string of the molecule is CCc1cc2c(C(=O)NC)c(-c3ccc(F)cc3)oc2nc1N(CCCCC(C)O)S(C)=O. The molecule has 1 amide bonds. The number of nitrogens with zero attached hydrogens (tertiary/aromatic N) is 2. The zero-order valence-corrected chi connectivity index (χ0v) is 20.2. The maximum absolute atomic E-state index is 13.4. The van der Waals surface area contributed by atoms with Gasteiger partial charge in [-0.25, -0.2) is 8.60 Å². The monoisotopic (exact) mass is 475 g/mol. The number of carbonyl (C=O) groups is 1. The van der Waals surface area contributed by atoms with Crippen LogP contribution in [0.2, 0.25) is 0 Å². The highest BCUT2D eigenvalue weighted by Crippen LogP contribution is 2.36. The Bertz CT molecular complexity index is 1140. The van der Waals surface area contributed by atoms with Crippen molar-refractivity contribution in [2.75, 3.05) is 24.2 Å². The third kappa shape index (κ3) is 5.59. The highest BCUT2D eigenvalue weighted by atomic mass is 32.2. The summed E-state index contributed by atoms with van der Waals surface area (Å²) in [5.74, 6) is 0.128. The van der Waals surface area contributed by atoms with Crippen molar-refractivity contribution >= 4 is 33.8 Å². The molecule has 0 saturated carbocycles. The van der Waals surface area contributed by atoms with Crippen LogP contribution in [0.5, 0.6) is 0 Å². The molecule has 0 spiro atoms. The van der Waals surface area contributed by atoms with E-state index in [1.807, 2.05) is 13.0 Å². The van der Waals surface area contributed by atoms with E-state index in [2.05, 4.69) is 10.3 Å². The van der Waals surface area contributed by atoms with Crippen LogP contribution in [0.3, 0.4) is 0 Å². The largest absolute Gasteiger partial charge is 0.437 e. The molecule has 2 N–H and O–H groups in total. The molecule has 33 heavy (non-hydrogen) atoms. The Hall–Kier alpha value is -2.78. The first-order valence-electron chi connectivity index (χ1n) is 11.0. The number of hydrogen-bond acceptors (Lipinski definition) is 5. The van der Waals surface area contributed by atoms with Crippen molar-refractivity contribution in [3.63, 3.8) is 0 Å². The van der Waals surface area contributed by atoms with Crippen LogP contribution in [0, 0.1) is 5.82 Å². The van der Waals surface area contributed by atoms with Gasteiger partial charge in [0.25, 0.3) is 5.91 Å². The molecule has 9 heteroatoms. The molecule has 2 heterocycles. The molecule has 0 saturated heterocycles. The van der Waals surface area contributed by atoms with Crippen molar-refractivity contribution in [3.8, 4) is 11.3 Å². The summed E-state index contributed by atoms with van der Waals surface area (Å²) in [5.41, 5.74) is 1.97. The molecule has 0 aliphatic carbocycles. The lowest BCUT2D eigenvalue weighted by molar-refractivity contribution is 0.0964. The van der Waals surface area contributed by atoms with Crippen LogP contribution in [-0.4, -0.2) is 46.2 Å². The number of anilines is 1. The van der Waals surface area contributed by atoms with Crippen LogP contribution in [0.15, 0.2) is 34.7 Å². The van der Waals surface area contributed by atoms with E-state index in [-0.39, 0.29) is 23.5 Å². The van der Waals surface area contributed by atoms with Crippen molar-refractivity contribution in [3.05, 3.63) is 47.3 Å². The fourth-order valence-corrected chi connectivity index (χ4v) is 4.53. The van der Waals surface area contributed by atoms with Crippen LogP contribution in [0.25, 0.3) is 22.4 Å². The van der Waals surface area contributed by atoms with E-state index in [0.29, 0.717) is 47.5 Å². The molecule has 0 fully saturated rings. The fraction of sp³-hybridized carbons (Fsp3) is 0.417. The molecular formula is C24H30FN3O4S. The van der Waals surface area contributed by atoms with Gasteiger partial charge in [0, 0.05) is 25.4 Å². The number of aromatic nitrogens is 1. The first-order valence-corrected chi connectivity index (χ1v) is 12.5. The van der Waals surface area contributed by atoms with E-state index in [1.165, 1.54) is 19.2 Å². The maximum atomic E-state index is 13.4. The van der Waals surface area contributed by atoms with Crippen molar-refractivity contribution in [2.24, 2.45) is 0 Å². The van der Waals surface area contributed by atoms with Crippen molar-refractivity contribution in [2.45, 2.75) is 45.6 Å². The van der Waals surface area contributed by atoms with Gasteiger partial charge >= 0.3 is 0 Å². The Kier molecular flexibility index (Phi) is 8.20. The Morgan fingerprint density at radius 1 is 1.30 bits per heavy atom. The number of aliphatic hydroxyl groups is 1. The lowest BCUT2D eigenvalue weighted by atomic mass is 10.0. The van der Waals surface area contributed by atoms with Crippen LogP contribution in [-0.2, 0) is 17.4 Å². The zero-order valence-electron chi connectivity index (χ0n) is 19.4. The summed E-state index contributed by atoms with van der Waals surface area (Å²) < 4.78 is 33.8. The predicted octanol–water partition coefficient (Wildman–Crippen LogP) is 4.21. The number of carbonyl (C=O) groups excluding carboxylic acids is 1. The second-order valence-electron chi connectivity index (χ2n) is 7.94. The van der Waals surface area contributed by atoms with E-state index in [9.17, 15) is 18.5 Å². The quantitative estimate of drug-likeness (QED) is 0.429. The summed E-state index contributed by atoms with van der Waals surface area (Å²) in [5, 5.41) is 12.7. The highest BCUT2D eigenvalue weighted by Gasteiger charge is 2.25. The molecule has 3 rings (SSSR count). The second-order valence-corrected chi connectivity index (χ2v) is 9.23. The summed E-state index contributed by atoms with van der Waals surface area (Å²) >= 11 is 0. The molecule has 7 nitrogen and oxygen atoms in total. The van der Waals surface area contributed by atoms with E-state index in [4.69, 9.17) is 4.42 Å². The van der Waals surface area contributed by atoms with Crippen LogP contribution in [0.4, 0.5) is 10.2 Å². The molecule has 0 radical (unpaired) electrons. The molecule has 178 valence electrons. The van der Waals surface area contributed by atoms with Gasteiger partial charge in [-0.15, -0.1) is 0 Å². The molecule has 0 aliphatic rings. The Morgan fingerprint density at radius 2 is 2.00 bits per heavy atom. The predicted molar refractivity (Wildman–Crippen MR) is 129 cm³/mol. The average molecular weight is 476 g/mol. The highest BCUT2D eigenvalue weighted by molar-refractivity contribution is 7.85. The van der Waals surface area contributed by atoms with Gasteiger partial charge in [-0.3, -0.25) is 9.10 Å². The molecule has 2 unspecified atom stereocenters. The minimum absolute atomic E-state index is 0.250. The number of unbranched alkanes of at least 4 members (excludes halogenated alkanes) is 1. The number of amides is 1. The summed E-state index contributed by atoms with van der Waals surface area (Å²) in [6.07, 6.45) is 4.06. The number of nitrogens with one attached hydrogen (secondary N) is 1. The van der Waals surface area contributed by atoms with Gasteiger partial charge in [0.15, 0.2) is 0 Å². The number of hydrogen-bond donors (Lipinski definition) is 2. The van der Waals surface area contributed by atoms with E-state index >= 15 is 0 Å². The van der Waals surface area contributed by atoms with Crippen LogP contribution in [0.1, 0.15) is 49.0 Å². The van der Waals surface area contributed by atoms with Gasteiger partial charge in [0.1, 0.15) is 28.4 Å². The molecule has 3 aromatic rings. The number of aliphatic hydroxyl groups excluding tert-OH is 1. The number of aryl methyl sites for hydroxylation is 1. The molecule has 2 atom stereocenters. The average Bonchev–Trinajstić information content (AvgIpc) is 3.16.